The van der Waals surface area contributed by atoms with Gasteiger partial charge in [0.15, 0.2) is 0 Å². The van der Waals surface area contributed by atoms with Crippen LogP contribution in [0.3, 0.4) is 0 Å². The van der Waals surface area contributed by atoms with Crippen molar-refractivity contribution in [2.75, 3.05) is 6.54 Å². The maximum absolute atomic E-state index is 12.4. The van der Waals surface area contributed by atoms with Crippen molar-refractivity contribution in [3.63, 3.8) is 0 Å². The standard InChI is InChI=1S/C32H55NO5/c1-3-5-7-8-9-10-11-12-13-14-15-16-17-23-27-32(37)38-29(24-20-6-4-2)25-21-18-19-22-26-30(34)33-28-31(35)36/h8-9,11-12,20,24,29H,3-7,10,13-19,21-23,25-28H2,1-2H3,(H,33,34)(H,35,36)/b9-8-,12-11-,24-20-. The highest BCUT2D eigenvalue weighted by Crippen LogP contribution is 2.14. The lowest BCUT2D eigenvalue weighted by Gasteiger charge is -2.15. The summed E-state index contributed by atoms with van der Waals surface area (Å²) in [5.74, 6) is -1.36. The van der Waals surface area contributed by atoms with Gasteiger partial charge in [0.1, 0.15) is 12.6 Å². The summed E-state index contributed by atoms with van der Waals surface area (Å²) in [6.07, 6.45) is 31.6. The molecule has 6 heteroatoms. The molecule has 0 aromatic heterocycles. The van der Waals surface area contributed by atoms with E-state index in [2.05, 4.69) is 49.5 Å². The summed E-state index contributed by atoms with van der Waals surface area (Å²) in [5.41, 5.74) is 0. The number of aliphatic carboxylic acids is 1. The van der Waals surface area contributed by atoms with Crippen molar-refractivity contribution in [2.45, 2.75) is 142 Å². The molecule has 0 radical (unpaired) electrons. The van der Waals surface area contributed by atoms with Gasteiger partial charge < -0.3 is 15.2 Å². The second-order valence-corrected chi connectivity index (χ2v) is 10.00. The summed E-state index contributed by atoms with van der Waals surface area (Å²) < 4.78 is 5.75. The Hall–Kier alpha value is -2.37. The van der Waals surface area contributed by atoms with Crippen LogP contribution in [-0.4, -0.2) is 35.6 Å². The van der Waals surface area contributed by atoms with E-state index < -0.39 is 5.97 Å². The van der Waals surface area contributed by atoms with Gasteiger partial charge in [-0.2, -0.15) is 0 Å². The van der Waals surface area contributed by atoms with Gasteiger partial charge in [-0.15, -0.1) is 0 Å². The number of unbranched alkanes of at least 4 members (excludes halogenated alkanes) is 11. The number of carboxylic acids is 1. The molecule has 0 aliphatic rings. The zero-order valence-corrected chi connectivity index (χ0v) is 24.3. The fraction of sp³-hybridized carbons (Fsp3) is 0.719. The van der Waals surface area contributed by atoms with E-state index in [-0.39, 0.29) is 24.5 Å². The largest absolute Gasteiger partial charge is 0.480 e. The first-order valence-electron chi connectivity index (χ1n) is 15.1. The lowest BCUT2D eigenvalue weighted by atomic mass is 10.1. The van der Waals surface area contributed by atoms with E-state index in [0.29, 0.717) is 12.8 Å². The summed E-state index contributed by atoms with van der Waals surface area (Å²) in [4.78, 5) is 34.4. The molecule has 0 aromatic carbocycles. The Bertz CT molecular complexity index is 683. The SMILES string of the molecule is CCC/C=C\C(CCCCCCC(=O)NCC(=O)O)OC(=O)CCCCCCC/C=C\C/C=C\CCCC. The van der Waals surface area contributed by atoms with Gasteiger partial charge in [-0.1, -0.05) is 95.6 Å². The second-order valence-electron chi connectivity index (χ2n) is 10.00. The summed E-state index contributed by atoms with van der Waals surface area (Å²) in [6.45, 7) is 4.02. The van der Waals surface area contributed by atoms with Gasteiger partial charge in [-0.25, -0.2) is 0 Å². The molecule has 0 rings (SSSR count). The van der Waals surface area contributed by atoms with Gasteiger partial charge in [-0.3, -0.25) is 14.4 Å². The van der Waals surface area contributed by atoms with E-state index in [4.69, 9.17) is 9.84 Å². The third-order valence-corrected chi connectivity index (χ3v) is 6.25. The molecule has 218 valence electrons. The monoisotopic (exact) mass is 533 g/mol. The molecule has 0 saturated carbocycles. The average Bonchev–Trinajstić information content (AvgIpc) is 2.89. The molecule has 0 bridgehead atoms. The Kier molecular flexibility index (Phi) is 25.9. The lowest BCUT2D eigenvalue weighted by molar-refractivity contribution is -0.147. The average molecular weight is 534 g/mol. The molecule has 0 aliphatic heterocycles. The van der Waals surface area contributed by atoms with Crippen molar-refractivity contribution in [1.82, 2.24) is 5.32 Å². The smallest absolute Gasteiger partial charge is 0.322 e. The third kappa shape index (κ3) is 26.7. The van der Waals surface area contributed by atoms with Crippen LogP contribution in [0.5, 0.6) is 0 Å². The van der Waals surface area contributed by atoms with Gasteiger partial charge >= 0.3 is 11.9 Å². The number of ether oxygens (including phenoxy) is 1. The normalized spacial score (nSPS) is 12.5. The number of amides is 1. The molecule has 38 heavy (non-hydrogen) atoms. The van der Waals surface area contributed by atoms with Crippen LogP contribution in [0.15, 0.2) is 36.5 Å². The fourth-order valence-electron chi connectivity index (χ4n) is 3.97. The number of nitrogens with one attached hydrogen (secondary N) is 1. The van der Waals surface area contributed by atoms with Crippen LogP contribution in [0.1, 0.15) is 136 Å². The highest BCUT2D eigenvalue weighted by atomic mass is 16.5. The van der Waals surface area contributed by atoms with Gasteiger partial charge in [0.25, 0.3) is 0 Å². The van der Waals surface area contributed by atoms with Crippen molar-refractivity contribution in [3.8, 4) is 0 Å². The molecule has 1 atom stereocenters. The number of carboxylic acid groups (broad SMARTS) is 1. The molecule has 0 aromatic rings. The van der Waals surface area contributed by atoms with Crippen LogP contribution in [0.2, 0.25) is 0 Å². The Balaban J connectivity index is 3.94. The van der Waals surface area contributed by atoms with E-state index in [9.17, 15) is 14.4 Å². The number of allylic oxidation sites excluding steroid dienone is 5. The Labute approximate surface area is 232 Å². The van der Waals surface area contributed by atoms with E-state index in [0.717, 1.165) is 77.0 Å². The highest BCUT2D eigenvalue weighted by Gasteiger charge is 2.11. The Morgan fingerprint density at radius 1 is 0.711 bits per heavy atom. The van der Waals surface area contributed by atoms with Gasteiger partial charge in [-0.05, 0) is 63.9 Å². The first-order valence-corrected chi connectivity index (χ1v) is 15.1. The number of hydrogen-bond acceptors (Lipinski definition) is 4. The third-order valence-electron chi connectivity index (χ3n) is 6.25. The summed E-state index contributed by atoms with van der Waals surface area (Å²) in [7, 11) is 0. The van der Waals surface area contributed by atoms with E-state index in [1.165, 1.54) is 32.1 Å². The highest BCUT2D eigenvalue weighted by molar-refractivity contribution is 5.80. The minimum Gasteiger partial charge on any atom is -0.480 e. The van der Waals surface area contributed by atoms with Crippen LogP contribution >= 0.6 is 0 Å². The summed E-state index contributed by atoms with van der Waals surface area (Å²) in [5, 5.41) is 11.0. The van der Waals surface area contributed by atoms with E-state index >= 15 is 0 Å². The van der Waals surface area contributed by atoms with Gasteiger partial charge in [0, 0.05) is 12.8 Å². The molecule has 1 unspecified atom stereocenters. The summed E-state index contributed by atoms with van der Waals surface area (Å²) >= 11 is 0. The number of carbonyl (C=O) groups excluding carboxylic acids is 2. The topological polar surface area (TPSA) is 92.7 Å². The predicted octanol–water partition coefficient (Wildman–Crippen LogP) is 8.22. The van der Waals surface area contributed by atoms with E-state index in [1.807, 2.05) is 6.08 Å². The fourth-order valence-corrected chi connectivity index (χ4v) is 3.97. The zero-order valence-electron chi connectivity index (χ0n) is 24.3. The van der Waals surface area contributed by atoms with Crippen molar-refractivity contribution in [2.24, 2.45) is 0 Å². The number of esters is 1. The second kappa shape index (κ2) is 27.7. The quantitative estimate of drug-likeness (QED) is 0.0664. The molecular weight excluding hydrogens is 478 g/mol. The molecule has 0 saturated heterocycles. The van der Waals surface area contributed by atoms with Crippen LogP contribution < -0.4 is 5.32 Å². The van der Waals surface area contributed by atoms with Crippen molar-refractivity contribution >= 4 is 17.8 Å². The molecule has 6 nitrogen and oxygen atoms in total. The Morgan fingerprint density at radius 2 is 1.34 bits per heavy atom. The maximum Gasteiger partial charge on any atom is 0.322 e. The van der Waals surface area contributed by atoms with Crippen LogP contribution in [-0.2, 0) is 19.1 Å². The first kappa shape index (κ1) is 35.6. The molecule has 0 fully saturated rings. The van der Waals surface area contributed by atoms with Crippen molar-refractivity contribution in [1.29, 1.82) is 0 Å². The zero-order chi connectivity index (χ0) is 28.1. The lowest BCUT2D eigenvalue weighted by Crippen LogP contribution is -2.28. The molecule has 0 spiro atoms. The van der Waals surface area contributed by atoms with Crippen molar-refractivity contribution in [3.05, 3.63) is 36.5 Å². The maximum atomic E-state index is 12.4. The molecule has 0 aliphatic carbocycles. The first-order chi connectivity index (χ1) is 18.5. The summed E-state index contributed by atoms with van der Waals surface area (Å²) in [6, 6.07) is 0. The molecule has 0 heterocycles. The van der Waals surface area contributed by atoms with Gasteiger partial charge in [0.2, 0.25) is 5.91 Å². The van der Waals surface area contributed by atoms with Crippen LogP contribution in [0, 0.1) is 0 Å². The Morgan fingerprint density at radius 3 is 2.03 bits per heavy atom. The molecular formula is C32H55NO5. The predicted molar refractivity (Wildman–Crippen MR) is 157 cm³/mol. The number of hydrogen-bond donors (Lipinski definition) is 2. The minimum absolute atomic E-state index is 0.110. The van der Waals surface area contributed by atoms with Crippen LogP contribution in [0.4, 0.5) is 0 Å². The molecule has 1 amide bonds. The number of carbonyl (C=O) groups is 3. The van der Waals surface area contributed by atoms with Gasteiger partial charge in [0.05, 0.1) is 0 Å². The van der Waals surface area contributed by atoms with Crippen molar-refractivity contribution < 1.29 is 24.2 Å². The minimum atomic E-state index is -1.03. The number of rotatable bonds is 26. The van der Waals surface area contributed by atoms with E-state index in [1.54, 1.807) is 0 Å². The molecule has 2 N–H and O–H groups in total. The van der Waals surface area contributed by atoms with Crippen LogP contribution in [0.25, 0.3) is 0 Å².